The molecule has 4 nitrogen and oxygen atoms in total. The maximum atomic E-state index is 11.7. The van der Waals surface area contributed by atoms with Gasteiger partial charge >= 0.3 is 5.97 Å². The summed E-state index contributed by atoms with van der Waals surface area (Å²) in [4.78, 5) is 15.5. The minimum atomic E-state index is -0.661. The average molecular weight is 312 g/mol. The molecule has 0 aromatic carbocycles. The van der Waals surface area contributed by atoms with Crippen LogP contribution in [0.4, 0.5) is 5.69 Å². The SMILES string of the molecule is CC(C)CCOC(=O)c1nc(Cl)c(Cl)c(N)c1Cl. The van der Waals surface area contributed by atoms with Crippen molar-refractivity contribution >= 4 is 46.5 Å². The number of carbonyl (C=O) groups is 1. The summed E-state index contributed by atoms with van der Waals surface area (Å²) in [6, 6.07) is 0. The van der Waals surface area contributed by atoms with Crippen LogP contribution in [0.1, 0.15) is 30.8 Å². The van der Waals surface area contributed by atoms with Gasteiger partial charge in [0, 0.05) is 0 Å². The highest BCUT2D eigenvalue weighted by molar-refractivity contribution is 6.46. The van der Waals surface area contributed by atoms with Crippen LogP contribution in [0.2, 0.25) is 15.2 Å². The Morgan fingerprint density at radius 1 is 1.33 bits per heavy atom. The molecular weight excluding hydrogens is 298 g/mol. The van der Waals surface area contributed by atoms with E-state index in [0.717, 1.165) is 6.42 Å². The number of hydrogen-bond donors (Lipinski definition) is 1. The van der Waals surface area contributed by atoms with E-state index in [-0.39, 0.29) is 33.2 Å². The highest BCUT2D eigenvalue weighted by Crippen LogP contribution is 2.34. The topological polar surface area (TPSA) is 65.2 Å². The van der Waals surface area contributed by atoms with E-state index in [1.165, 1.54) is 0 Å². The normalized spacial score (nSPS) is 10.8. The number of esters is 1. The molecule has 0 saturated heterocycles. The quantitative estimate of drug-likeness (QED) is 0.678. The van der Waals surface area contributed by atoms with Gasteiger partial charge in [0.1, 0.15) is 5.02 Å². The molecule has 100 valence electrons. The lowest BCUT2D eigenvalue weighted by Gasteiger charge is -2.10. The summed E-state index contributed by atoms with van der Waals surface area (Å²) < 4.78 is 5.03. The standard InChI is InChI=1S/C11H13Cl3N2O2/c1-5(2)3-4-18-11(17)9-6(12)8(15)7(13)10(14)16-9/h5H,3-4H2,1-2H3,(H2,15,16). The zero-order valence-corrected chi connectivity index (χ0v) is 12.2. The second kappa shape index (κ2) is 6.45. The number of halogens is 3. The van der Waals surface area contributed by atoms with Crippen molar-refractivity contribution in [3.8, 4) is 0 Å². The molecule has 1 heterocycles. The van der Waals surface area contributed by atoms with Gasteiger partial charge in [-0.3, -0.25) is 0 Å². The van der Waals surface area contributed by atoms with Crippen molar-refractivity contribution in [2.75, 3.05) is 12.3 Å². The van der Waals surface area contributed by atoms with Crippen LogP contribution in [0.3, 0.4) is 0 Å². The van der Waals surface area contributed by atoms with Crippen molar-refractivity contribution in [3.63, 3.8) is 0 Å². The Labute approximate surface area is 120 Å². The summed E-state index contributed by atoms with van der Waals surface area (Å²) in [5.41, 5.74) is 5.51. The second-order valence-electron chi connectivity index (χ2n) is 4.11. The fraction of sp³-hybridized carbons (Fsp3) is 0.455. The van der Waals surface area contributed by atoms with E-state index in [1.807, 2.05) is 13.8 Å². The summed E-state index contributed by atoms with van der Waals surface area (Å²) in [7, 11) is 0. The zero-order valence-electron chi connectivity index (χ0n) is 9.97. The lowest BCUT2D eigenvalue weighted by Crippen LogP contribution is -2.12. The lowest BCUT2D eigenvalue weighted by molar-refractivity contribution is 0.0481. The number of pyridine rings is 1. The van der Waals surface area contributed by atoms with E-state index in [1.54, 1.807) is 0 Å². The molecule has 18 heavy (non-hydrogen) atoms. The van der Waals surface area contributed by atoms with Gasteiger partial charge in [-0.15, -0.1) is 0 Å². The lowest BCUT2D eigenvalue weighted by atomic mass is 10.1. The van der Waals surface area contributed by atoms with Crippen LogP contribution in [0.5, 0.6) is 0 Å². The van der Waals surface area contributed by atoms with Gasteiger partial charge in [-0.25, -0.2) is 9.78 Å². The third-order valence-electron chi connectivity index (χ3n) is 2.19. The fourth-order valence-electron chi connectivity index (χ4n) is 1.12. The van der Waals surface area contributed by atoms with E-state index in [4.69, 9.17) is 45.3 Å². The summed E-state index contributed by atoms with van der Waals surface area (Å²) >= 11 is 17.4. The number of carbonyl (C=O) groups excluding carboxylic acids is 1. The third-order valence-corrected chi connectivity index (χ3v) is 3.33. The van der Waals surface area contributed by atoms with Gasteiger partial charge in [0.25, 0.3) is 0 Å². The maximum absolute atomic E-state index is 11.7. The van der Waals surface area contributed by atoms with Crippen molar-refractivity contribution in [1.82, 2.24) is 4.98 Å². The minimum Gasteiger partial charge on any atom is -0.461 e. The molecule has 7 heteroatoms. The molecule has 0 aliphatic carbocycles. The predicted molar refractivity (Wildman–Crippen MR) is 73.4 cm³/mol. The molecule has 0 atom stereocenters. The second-order valence-corrected chi connectivity index (χ2v) is 5.23. The minimum absolute atomic E-state index is 0.0224. The van der Waals surface area contributed by atoms with Crippen molar-refractivity contribution in [2.24, 2.45) is 5.92 Å². The maximum Gasteiger partial charge on any atom is 0.358 e. The van der Waals surface area contributed by atoms with Crippen LogP contribution >= 0.6 is 34.8 Å². The number of nitrogen functional groups attached to an aromatic ring is 1. The number of anilines is 1. The molecule has 1 aromatic rings. The number of nitrogens with two attached hydrogens (primary N) is 1. The molecule has 0 bridgehead atoms. The van der Waals surface area contributed by atoms with Crippen molar-refractivity contribution in [1.29, 1.82) is 0 Å². The van der Waals surface area contributed by atoms with Crippen molar-refractivity contribution in [2.45, 2.75) is 20.3 Å². The molecule has 0 unspecified atom stereocenters. The Kier molecular flexibility index (Phi) is 5.50. The van der Waals surface area contributed by atoms with Gasteiger partial charge in [0.2, 0.25) is 0 Å². The molecule has 0 spiro atoms. The van der Waals surface area contributed by atoms with Crippen LogP contribution in [-0.2, 0) is 4.74 Å². The summed E-state index contributed by atoms with van der Waals surface area (Å²) in [5.74, 6) is -0.231. The molecule has 0 aliphatic rings. The molecule has 0 amide bonds. The summed E-state index contributed by atoms with van der Waals surface area (Å²) in [6.07, 6.45) is 0.750. The molecule has 1 aromatic heterocycles. The van der Waals surface area contributed by atoms with E-state index in [2.05, 4.69) is 4.98 Å². The van der Waals surface area contributed by atoms with Crippen LogP contribution in [0.25, 0.3) is 0 Å². The number of aromatic nitrogens is 1. The predicted octanol–water partition coefficient (Wildman–Crippen LogP) is 3.83. The first kappa shape index (κ1) is 15.3. The van der Waals surface area contributed by atoms with E-state index < -0.39 is 5.97 Å². The number of ether oxygens (including phenoxy) is 1. The molecule has 1 rings (SSSR count). The average Bonchev–Trinajstić information content (AvgIpc) is 2.30. The van der Waals surface area contributed by atoms with Gasteiger partial charge in [-0.2, -0.15) is 0 Å². The molecule has 0 radical (unpaired) electrons. The van der Waals surface area contributed by atoms with Gasteiger partial charge in [0.05, 0.1) is 17.3 Å². The van der Waals surface area contributed by atoms with Crippen LogP contribution < -0.4 is 5.73 Å². The number of nitrogens with zero attached hydrogens (tertiary/aromatic N) is 1. The Morgan fingerprint density at radius 2 is 1.94 bits per heavy atom. The Morgan fingerprint density at radius 3 is 2.50 bits per heavy atom. The van der Waals surface area contributed by atoms with E-state index >= 15 is 0 Å². The van der Waals surface area contributed by atoms with Gasteiger partial charge in [0.15, 0.2) is 10.8 Å². The van der Waals surface area contributed by atoms with Gasteiger partial charge in [-0.05, 0) is 12.3 Å². The van der Waals surface area contributed by atoms with E-state index in [0.29, 0.717) is 5.92 Å². The van der Waals surface area contributed by atoms with Crippen LogP contribution in [0, 0.1) is 5.92 Å². The highest BCUT2D eigenvalue weighted by atomic mass is 35.5. The summed E-state index contributed by atoms with van der Waals surface area (Å²) in [5, 5.41) is -0.0891. The Bertz CT molecular complexity index is 464. The molecule has 2 N–H and O–H groups in total. The number of hydrogen-bond acceptors (Lipinski definition) is 4. The van der Waals surface area contributed by atoms with Crippen molar-refractivity contribution < 1.29 is 9.53 Å². The van der Waals surface area contributed by atoms with Crippen molar-refractivity contribution in [3.05, 3.63) is 20.9 Å². The largest absolute Gasteiger partial charge is 0.461 e. The molecule has 0 fully saturated rings. The van der Waals surface area contributed by atoms with E-state index in [9.17, 15) is 4.79 Å². The summed E-state index contributed by atoms with van der Waals surface area (Å²) in [6.45, 7) is 4.33. The first-order valence-electron chi connectivity index (χ1n) is 5.31. The van der Waals surface area contributed by atoms with Gasteiger partial charge in [-0.1, -0.05) is 48.7 Å². The first-order valence-corrected chi connectivity index (χ1v) is 6.45. The van der Waals surface area contributed by atoms with Gasteiger partial charge < -0.3 is 10.5 Å². The third kappa shape index (κ3) is 3.64. The molecule has 0 aliphatic heterocycles. The highest BCUT2D eigenvalue weighted by Gasteiger charge is 2.20. The monoisotopic (exact) mass is 310 g/mol. The van der Waals surface area contributed by atoms with Crippen LogP contribution in [0.15, 0.2) is 0 Å². The Balaban J connectivity index is 2.87. The fourth-order valence-corrected chi connectivity index (χ4v) is 1.71. The molecular formula is C11H13Cl3N2O2. The zero-order chi connectivity index (χ0) is 13.9. The Hall–Kier alpha value is -0.710. The molecule has 0 saturated carbocycles. The smallest absolute Gasteiger partial charge is 0.358 e. The van der Waals surface area contributed by atoms with Crippen LogP contribution in [-0.4, -0.2) is 17.6 Å². The number of rotatable bonds is 4. The first-order chi connectivity index (χ1) is 8.34.